The van der Waals surface area contributed by atoms with Gasteiger partial charge >= 0.3 is 0 Å². The highest BCUT2D eigenvalue weighted by Crippen LogP contribution is 2.28. The summed E-state index contributed by atoms with van der Waals surface area (Å²) in [6.45, 7) is 5.97. The standard InChI is InChI=1S/C21H21BrN2OS2/c1-13-6-4-7-14(2)19(13)24-20(25)15(3)26-11-18-12-27-21(23-18)16-8-5-9-17(22)10-16/h4-10,12,15H,11H2,1-3H3,(H,24,25)/t15-/m1/s1. The van der Waals surface area contributed by atoms with Crippen LogP contribution in [0.3, 0.4) is 0 Å². The molecule has 0 fully saturated rings. The highest BCUT2D eigenvalue weighted by atomic mass is 79.9. The molecule has 1 heterocycles. The fourth-order valence-electron chi connectivity index (χ4n) is 2.65. The van der Waals surface area contributed by atoms with Crippen molar-refractivity contribution in [2.75, 3.05) is 5.32 Å². The number of anilines is 1. The van der Waals surface area contributed by atoms with Gasteiger partial charge in [-0.15, -0.1) is 23.1 Å². The average Bonchev–Trinajstić information content (AvgIpc) is 3.12. The normalized spacial score (nSPS) is 12.0. The molecule has 0 radical (unpaired) electrons. The maximum atomic E-state index is 12.5. The first-order valence-electron chi connectivity index (χ1n) is 8.63. The number of hydrogen-bond donors (Lipinski definition) is 1. The molecule has 2 aromatic carbocycles. The second-order valence-electron chi connectivity index (χ2n) is 6.36. The minimum atomic E-state index is -0.153. The number of carbonyl (C=O) groups is 1. The smallest absolute Gasteiger partial charge is 0.237 e. The van der Waals surface area contributed by atoms with E-state index < -0.39 is 0 Å². The Balaban J connectivity index is 1.59. The van der Waals surface area contributed by atoms with Gasteiger partial charge in [-0.25, -0.2) is 4.98 Å². The van der Waals surface area contributed by atoms with Crippen LogP contribution in [0, 0.1) is 13.8 Å². The molecule has 0 bridgehead atoms. The van der Waals surface area contributed by atoms with Crippen molar-refractivity contribution in [3.63, 3.8) is 0 Å². The van der Waals surface area contributed by atoms with Gasteiger partial charge in [-0.3, -0.25) is 4.79 Å². The Morgan fingerprint density at radius 2 is 1.93 bits per heavy atom. The molecule has 1 amide bonds. The molecule has 3 aromatic rings. The molecule has 3 nitrogen and oxygen atoms in total. The fourth-order valence-corrected chi connectivity index (χ4v) is 4.75. The molecule has 1 aromatic heterocycles. The number of amides is 1. The van der Waals surface area contributed by atoms with E-state index in [4.69, 9.17) is 4.98 Å². The lowest BCUT2D eigenvalue weighted by atomic mass is 10.1. The van der Waals surface area contributed by atoms with E-state index in [0.29, 0.717) is 5.75 Å². The summed E-state index contributed by atoms with van der Waals surface area (Å²) < 4.78 is 1.04. The molecule has 3 rings (SSSR count). The molecule has 0 saturated carbocycles. The Labute approximate surface area is 176 Å². The third-order valence-corrected chi connectivity index (χ3v) is 6.81. The first-order valence-corrected chi connectivity index (χ1v) is 11.3. The molecule has 0 aliphatic carbocycles. The molecule has 140 valence electrons. The molecule has 0 saturated heterocycles. The summed E-state index contributed by atoms with van der Waals surface area (Å²) >= 11 is 6.73. The largest absolute Gasteiger partial charge is 0.325 e. The SMILES string of the molecule is Cc1cccc(C)c1NC(=O)[C@@H](C)SCc1csc(-c2cccc(Br)c2)n1. The van der Waals surface area contributed by atoms with Crippen LogP contribution in [0.2, 0.25) is 0 Å². The Hall–Kier alpha value is -1.63. The van der Waals surface area contributed by atoms with Gasteiger partial charge in [0.05, 0.1) is 10.9 Å². The van der Waals surface area contributed by atoms with Gasteiger partial charge in [-0.1, -0.05) is 46.3 Å². The fraction of sp³-hybridized carbons (Fsp3) is 0.238. The number of nitrogens with one attached hydrogen (secondary N) is 1. The zero-order valence-corrected chi connectivity index (χ0v) is 18.7. The van der Waals surface area contributed by atoms with E-state index in [0.717, 1.165) is 37.6 Å². The number of para-hydroxylation sites is 1. The number of thioether (sulfide) groups is 1. The van der Waals surface area contributed by atoms with Crippen LogP contribution >= 0.6 is 39.0 Å². The highest BCUT2D eigenvalue weighted by Gasteiger charge is 2.16. The molecule has 0 aliphatic heterocycles. The van der Waals surface area contributed by atoms with Crippen LogP contribution in [0.25, 0.3) is 10.6 Å². The number of nitrogens with zero attached hydrogens (tertiary/aromatic N) is 1. The monoisotopic (exact) mass is 460 g/mol. The maximum Gasteiger partial charge on any atom is 0.237 e. The van der Waals surface area contributed by atoms with Crippen molar-refractivity contribution in [2.24, 2.45) is 0 Å². The lowest BCUT2D eigenvalue weighted by Gasteiger charge is -2.15. The molecule has 6 heteroatoms. The minimum Gasteiger partial charge on any atom is -0.325 e. The molecule has 27 heavy (non-hydrogen) atoms. The van der Waals surface area contributed by atoms with Gasteiger partial charge < -0.3 is 5.32 Å². The number of rotatable bonds is 6. The van der Waals surface area contributed by atoms with Crippen molar-refractivity contribution in [2.45, 2.75) is 31.8 Å². The molecule has 0 aliphatic rings. The van der Waals surface area contributed by atoms with Crippen LogP contribution in [0.5, 0.6) is 0 Å². The van der Waals surface area contributed by atoms with Crippen molar-refractivity contribution >= 4 is 50.6 Å². The summed E-state index contributed by atoms with van der Waals surface area (Å²) in [5, 5.41) is 5.98. The zero-order valence-electron chi connectivity index (χ0n) is 15.5. The predicted octanol–water partition coefficient (Wildman–Crippen LogP) is 6.45. The summed E-state index contributed by atoms with van der Waals surface area (Å²) in [5.74, 6) is 0.742. The van der Waals surface area contributed by atoms with E-state index in [1.807, 2.05) is 51.1 Å². The van der Waals surface area contributed by atoms with Crippen molar-refractivity contribution < 1.29 is 4.79 Å². The third kappa shape index (κ3) is 5.21. The van der Waals surface area contributed by atoms with Crippen molar-refractivity contribution in [3.8, 4) is 10.6 Å². The van der Waals surface area contributed by atoms with Crippen molar-refractivity contribution in [1.82, 2.24) is 4.98 Å². The summed E-state index contributed by atoms with van der Waals surface area (Å²) in [4.78, 5) is 17.3. The van der Waals surface area contributed by atoms with Gasteiger partial charge in [-0.2, -0.15) is 0 Å². The van der Waals surface area contributed by atoms with Crippen LogP contribution in [0.1, 0.15) is 23.7 Å². The average molecular weight is 461 g/mol. The molecule has 0 spiro atoms. The number of halogens is 1. The molecule has 0 unspecified atom stereocenters. The molecular weight excluding hydrogens is 440 g/mol. The minimum absolute atomic E-state index is 0.0276. The lowest BCUT2D eigenvalue weighted by Crippen LogP contribution is -2.23. The lowest BCUT2D eigenvalue weighted by molar-refractivity contribution is -0.115. The summed E-state index contributed by atoms with van der Waals surface area (Å²) in [5.41, 5.74) is 5.19. The summed E-state index contributed by atoms with van der Waals surface area (Å²) in [7, 11) is 0. The number of thiazole rings is 1. The first kappa shape index (κ1) is 20.1. The predicted molar refractivity (Wildman–Crippen MR) is 121 cm³/mol. The first-order chi connectivity index (χ1) is 12.9. The highest BCUT2D eigenvalue weighted by molar-refractivity contribution is 9.10. The Kier molecular flexibility index (Phi) is 6.73. The van der Waals surface area contributed by atoms with Crippen LogP contribution in [-0.4, -0.2) is 16.1 Å². The van der Waals surface area contributed by atoms with Gasteiger partial charge in [-0.05, 0) is 44.0 Å². The molecular formula is C21H21BrN2OS2. The van der Waals surface area contributed by atoms with E-state index in [2.05, 4.69) is 38.8 Å². The van der Waals surface area contributed by atoms with Crippen LogP contribution in [0.4, 0.5) is 5.69 Å². The maximum absolute atomic E-state index is 12.5. The van der Waals surface area contributed by atoms with E-state index >= 15 is 0 Å². The van der Waals surface area contributed by atoms with Gasteiger partial charge in [0.2, 0.25) is 5.91 Å². The molecule has 1 atom stereocenters. The Bertz CT molecular complexity index is 935. The van der Waals surface area contributed by atoms with Crippen LogP contribution in [0.15, 0.2) is 52.3 Å². The van der Waals surface area contributed by atoms with E-state index in [1.165, 1.54) is 0 Å². The van der Waals surface area contributed by atoms with Crippen LogP contribution < -0.4 is 5.32 Å². The molecule has 1 N–H and O–H groups in total. The zero-order chi connectivity index (χ0) is 19.4. The van der Waals surface area contributed by atoms with Gasteiger partial charge in [0.1, 0.15) is 5.01 Å². The second-order valence-corrected chi connectivity index (χ2v) is 9.47. The second kappa shape index (κ2) is 9.04. The van der Waals surface area contributed by atoms with Crippen LogP contribution in [-0.2, 0) is 10.5 Å². The topological polar surface area (TPSA) is 42.0 Å². The summed E-state index contributed by atoms with van der Waals surface area (Å²) in [6.07, 6.45) is 0. The number of aryl methyl sites for hydroxylation is 2. The van der Waals surface area contributed by atoms with Gasteiger partial charge in [0, 0.05) is 26.9 Å². The van der Waals surface area contributed by atoms with E-state index in [9.17, 15) is 4.79 Å². The number of hydrogen-bond acceptors (Lipinski definition) is 4. The Morgan fingerprint density at radius 1 is 1.22 bits per heavy atom. The number of carbonyl (C=O) groups excluding carboxylic acids is 1. The van der Waals surface area contributed by atoms with E-state index in [-0.39, 0.29) is 11.2 Å². The van der Waals surface area contributed by atoms with Crippen molar-refractivity contribution in [1.29, 1.82) is 0 Å². The quantitative estimate of drug-likeness (QED) is 0.459. The van der Waals surface area contributed by atoms with E-state index in [1.54, 1.807) is 23.1 Å². The number of benzene rings is 2. The Morgan fingerprint density at radius 3 is 2.63 bits per heavy atom. The third-order valence-electron chi connectivity index (χ3n) is 4.20. The van der Waals surface area contributed by atoms with Gasteiger partial charge in [0.15, 0.2) is 0 Å². The van der Waals surface area contributed by atoms with Crippen molar-refractivity contribution in [3.05, 3.63) is 69.1 Å². The van der Waals surface area contributed by atoms with Gasteiger partial charge in [0.25, 0.3) is 0 Å². The summed E-state index contributed by atoms with van der Waals surface area (Å²) in [6, 6.07) is 14.2. The number of aromatic nitrogens is 1.